The second-order valence-electron chi connectivity index (χ2n) is 5.21. The molecule has 1 heterocycles. The summed E-state index contributed by atoms with van der Waals surface area (Å²) in [5, 5.41) is 2.70. The highest BCUT2D eigenvalue weighted by molar-refractivity contribution is 6.33. The summed E-state index contributed by atoms with van der Waals surface area (Å²) in [5.41, 5.74) is 2.09. The van der Waals surface area contributed by atoms with Gasteiger partial charge in [-0.05, 0) is 48.5 Å². The van der Waals surface area contributed by atoms with Crippen LogP contribution in [0.25, 0.3) is 11.3 Å². The van der Waals surface area contributed by atoms with Gasteiger partial charge < -0.3 is 5.32 Å². The monoisotopic (exact) mass is 359 g/mol. The van der Waals surface area contributed by atoms with Gasteiger partial charge in [0.15, 0.2) is 0 Å². The van der Waals surface area contributed by atoms with Gasteiger partial charge in [-0.25, -0.2) is 18.7 Å². The minimum atomic E-state index is -0.513. The van der Waals surface area contributed by atoms with Crippen molar-refractivity contribution < 1.29 is 13.6 Å². The molecular formula is C18H12ClF2N3O. The van der Waals surface area contributed by atoms with E-state index in [0.717, 1.165) is 17.7 Å². The van der Waals surface area contributed by atoms with Crippen molar-refractivity contribution in [3.8, 4) is 11.3 Å². The number of benzene rings is 2. The lowest BCUT2D eigenvalue weighted by molar-refractivity contribution is 0.0950. The van der Waals surface area contributed by atoms with Crippen molar-refractivity contribution in [2.24, 2.45) is 0 Å². The van der Waals surface area contributed by atoms with Crippen molar-refractivity contribution in [1.29, 1.82) is 0 Å². The number of nitrogens with one attached hydrogen (secondary N) is 1. The summed E-state index contributed by atoms with van der Waals surface area (Å²) >= 11 is 5.87. The second kappa shape index (κ2) is 7.36. The summed E-state index contributed by atoms with van der Waals surface area (Å²) in [7, 11) is 0. The summed E-state index contributed by atoms with van der Waals surface area (Å²) in [5.74, 6) is -1.28. The van der Waals surface area contributed by atoms with E-state index in [-0.39, 0.29) is 22.9 Å². The van der Waals surface area contributed by atoms with Crippen molar-refractivity contribution in [2.45, 2.75) is 6.54 Å². The van der Waals surface area contributed by atoms with Gasteiger partial charge in [-0.15, -0.1) is 0 Å². The molecule has 0 spiro atoms. The highest BCUT2D eigenvalue weighted by Crippen LogP contribution is 2.19. The van der Waals surface area contributed by atoms with Crippen LogP contribution in [0.2, 0.25) is 5.02 Å². The third-order valence-corrected chi connectivity index (χ3v) is 3.78. The number of halogens is 3. The van der Waals surface area contributed by atoms with Crippen LogP contribution in [-0.4, -0.2) is 15.9 Å². The number of nitrogens with zero attached hydrogens (tertiary/aromatic N) is 2. The minimum absolute atomic E-state index is 0.0344. The van der Waals surface area contributed by atoms with E-state index >= 15 is 0 Å². The smallest absolute Gasteiger partial charge is 0.253 e. The first kappa shape index (κ1) is 17.0. The van der Waals surface area contributed by atoms with Crippen molar-refractivity contribution >= 4 is 17.5 Å². The zero-order chi connectivity index (χ0) is 17.8. The number of carbonyl (C=O) groups excluding carboxylic acids is 1. The first-order chi connectivity index (χ1) is 12.0. The molecule has 0 fully saturated rings. The lowest BCUT2D eigenvalue weighted by atomic mass is 10.1. The fourth-order valence-corrected chi connectivity index (χ4v) is 2.47. The SMILES string of the molecule is O=C(NCc1cc(-c2ccc(F)cc2)ncn1)c1ccc(F)cc1Cl. The fraction of sp³-hybridized carbons (Fsp3) is 0.0556. The van der Waals surface area contributed by atoms with E-state index in [9.17, 15) is 13.6 Å². The van der Waals surface area contributed by atoms with Crippen LogP contribution >= 0.6 is 11.6 Å². The van der Waals surface area contributed by atoms with Crippen LogP contribution in [0.4, 0.5) is 8.78 Å². The molecule has 0 aliphatic rings. The average molecular weight is 360 g/mol. The summed E-state index contributed by atoms with van der Waals surface area (Å²) in [6.45, 7) is 0.142. The van der Waals surface area contributed by atoms with Gasteiger partial charge in [0.1, 0.15) is 18.0 Å². The lowest BCUT2D eigenvalue weighted by Gasteiger charge is -2.08. The Balaban J connectivity index is 1.72. The third kappa shape index (κ3) is 4.16. The van der Waals surface area contributed by atoms with E-state index in [1.807, 2.05) is 0 Å². The average Bonchev–Trinajstić information content (AvgIpc) is 2.60. The van der Waals surface area contributed by atoms with E-state index in [0.29, 0.717) is 11.4 Å². The normalized spacial score (nSPS) is 10.5. The van der Waals surface area contributed by atoms with Gasteiger partial charge in [0, 0.05) is 5.56 Å². The van der Waals surface area contributed by atoms with Crippen LogP contribution in [0, 0.1) is 11.6 Å². The molecule has 2 aromatic carbocycles. The number of hydrogen-bond donors (Lipinski definition) is 1. The third-order valence-electron chi connectivity index (χ3n) is 3.47. The van der Waals surface area contributed by atoms with E-state index in [1.165, 1.54) is 24.5 Å². The maximum absolute atomic E-state index is 13.0. The summed E-state index contributed by atoms with van der Waals surface area (Å²) in [4.78, 5) is 20.4. The predicted octanol–water partition coefficient (Wildman–Crippen LogP) is 4.01. The first-order valence-electron chi connectivity index (χ1n) is 7.33. The largest absolute Gasteiger partial charge is 0.346 e. The maximum atomic E-state index is 13.0. The van der Waals surface area contributed by atoms with Crippen molar-refractivity contribution in [2.75, 3.05) is 0 Å². The standard InChI is InChI=1S/C18H12ClF2N3O/c19-16-7-13(21)5-6-15(16)18(25)22-9-14-8-17(24-10-23-14)11-1-3-12(20)4-2-11/h1-8,10H,9H2,(H,22,25). The van der Waals surface area contributed by atoms with Gasteiger partial charge in [0.2, 0.25) is 0 Å². The Bertz CT molecular complexity index is 916. The minimum Gasteiger partial charge on any atom is -0.346 e. The molecule has 0 bridgehead atoms. The molecule has 1 N–H and O–H groups in total. The molecule has 0 aliphatic carbocycles. The first-order valence-corrected chi connectivity index (χ1v) is 7.71. The molecule has 3 rings (SSSR count). The van der Waals surface area contributed by atoms with Crippen LogP contribution in [0.1, 0.15) is 16.1 Å². The summed E-state index contributed by atoms with van der Waals surface area (Å²) in [6.07, 6.45) is 1.37. The molecule has 25 heavy (non-hydrogen) atoms. The highest BCUT2D eigenvalue weighted by Gasteiger charge is 2.11. The summed E-state index contributed by atoms with van der Waals surface area (Å²) < 4.78 is 26.0. The van der Waals surface area contributed by atoms with Gasteiger partial charge in [0.05, 0.1) is 28.5 Å². The predicted molar refractivity (Wildman–Crippen MR) is 90.0 cm³/mol. The Morgan fingerprint density at radius 2 is 1.72 bits per heavy atom. The van der Waals surface area contributed by atoms with Gasteiger partial charge in [-0.1, -0.05) is 11.6 Å². The lowest BCUT2D eigenvalue weighted by Crippen LogP contribution is -2.23. The zero-order valence-electron chi connectivity index (χ0n) is 12.8. The Morgan fingerprint density at radius 1 is 1.00 bits per heavy atom. The van der Waals surface area contributed by atoms with Gasteiger partial charge in [-0.2, -0.15) is 0 Å². The molecule has 7 heteroatoms. The number of aromatic nitrogens is 2. The molecule has 0 radical (unpaired) electrons. The van der Waals surface area contributed by atoms with Gasteiger partial charge >= 0.3 is 0 Å². The quantitative estimate of drug-likeness (QED) is 0.766. The topological polar surface area (TPSA) is 54.9 Å². The zero-order valence-corrected chi connectivity index (χ0v) is 13.6. The molecule has 1 amide bonds. The van der Waals surface area contributed by atoms with Crippen LogP contribution in [0.3, 0.4) is 0 Å². The Labute approximate surface area is 147 Å². The van der Waals surface area contributed by atoms with E-state index in [1.54, 1.807) is 18.2 Å². The van der Waals surface area contributed by atoms with E-state index in [2.05, 4.69) is 15.3 Å². The fourth-order valence-electron chi connectivity index (χ4n) is 2.21. The molecule has 126 valence electrons. The number of hydrogen-bond acceptors (Lipinski definition) is 3. The van der Waals surface area contributed by atoms with Gasteiger partial charge in [-0.3, -0.25) is 4.79 Å². The number of rotatable bonds is 4. The van der Waals surface area contributed by atoms with Crippen LogP contribution in [-0.2, 0) is 6.54 Å². The second-order valence-corrected chi connectivity index (χ2v) is 5.62. The van der Waals surface area contributed by atoms with Crippen molar-refractivity contribution in [3.05, 3.63) is 82.8 Å². The van der Waals surface area contributed by atoms with Crippen molar-refractivity contribution in [3.63, 3.8) is 0 Å². The molecule has 0 unspecified atom stereocenters. The van der Waals surface area contributed by atoms with E-state index < -0.39 is 11.7 Å². The highest BCUT2D eigenvalue weighted by atomic mass is 35.5. The Hall–Kier alpha value is -2.86. The van der Waals surface area contributed by atoms with Crippen LogP contribution in [0.15, 0.2) is 54.9 Å². The summed E-state index contributed by atoms with van der Waals surface area (Å²) in [6, 6.07) is 11.2. The van der Waals surface area contributed by atoms with E-state index in [4.69, 9.17) is 11.6 Å². The Morgan fingerprint density at radius 3 is 2.44 bits per heavy atom. The van der Waals surface area contributed by atoms with Crippen molar-refractivity contribution in [1.82, 2.24) is 15.3 Å². The molecule has 4 nitrogen and oxygen atoms in total. The maximum Gasteiger partial charge on any atom is 0.253 e. The molecular weight excluding hydrogens is 348 g/mol. The number of amides is 1. The molecule has 3 aromatic rings. The van der Waals surface area contributed by atoms with Gasteiger partial charge in [0.25, 0.3) is 5.91 Å². The molecule has 1 aromatic heterocycles. The molecule has 0 atom stereocenters. The molecule has 0 saturated heterocycles. The van der Waals surface area contributed by atoms with Crippen LogP contribution in [0.5, 0.6) is 0 Å². The molecule has 0 aliphatic heterocycles. The number of carbonyl (C=O) groups is 1. The Kier molecular flexibility index (Phi) is 5.00. The molecule has 0 saturated carbocycles. The van der Waals surface area contributed by atoms with Crippen LogP contribution < -0.4 is 5.32 Å².